The van der Waals surface area contributed by atoms with Crippen LogP contribution in [0.15, 0.2) is 54.9 Å². The van der Waals surface area contributed by atoms with Crippen LogP contribution in [-0.4, -0.2) is 38.3 Å². The molecule has 0 aliphatic heterocycles. The first-order valence-corrected chi connectivity index (χ1v) is 14.6. The number of ether oxygens (including phenoxy) is 2. The maximum absolute atomic E-state index is 13.5. The van der Waals surface area contributed by atoms with Gasteiger partial charge in [-0.3, -0.25) is 9.59 Å². The Bertz CT molecular complexity index is 1560. The van der Waals surface area contributed by atoms with Crippen molar-refractivity contribution in [2.24, 2.45) is 5.41 Å². The topological polar surface area (TPSA) is 120 Å². The minimum atomic E-state index is -0.710. The minimum Gasteiger partial charge on any atom is -0.427 e. The standard InChI is InChI=1S/C32H37FN6O4/c1-32(2,3)30(41)43-20-42-26(40)18-39-19-35-27-28(36-25-15-13-24(33)14-16-25)37-31(38-29(27)39)34-17-21-9-11-23(12-10-21)22-7-5-4-6-8-22/h9-16,19,22H,4-8,17-18,20H2,1-3H3,(H2,34,36,37,38). The van der Waals surface area contributed by atoms with Gasteiger partial charge in [-0.15, -0.1) is 0 Å². The van der Waals surface area contributed by atoms with Gasteiger partial charge in [0.1, 0.15) is 12.4 Å². The Hall–Kier alpha value is -4.54. The average Bonchev–Trinajstić information content (AvgIpc) is 3.40. The van der Waals surface area contributed by atoms with Crippen molar-refractivity contribution < 1.29 is 23.5 Å². The highest BCUT2D eigenvalue weighted by molar-refractivity contribution is 5.87. The average molecular weight is 589 g/mol. The Morgan fingerprint density at radius 2 is 1.70 bits per heavy atom. The highest BCUT2D eigenvalue weighted by atomic mass is 19.1. The fraction of sp³-hybridized carbons (Fsp3) is 0.406. The maximum Gasteiger partial charge on any atom is 0.328 e. The lowest BCUT2D eigenvalue weighted by atomic mass is 9.84. The van der Waals surface area contributed by atoms with Crippen LogP contribution in [0.5, 0.6) is 0 Å². The molecule has 4 aromatic rings. The Labute approximate surface area is 250 Å². The molecule has 0 unspecified atom stereocenters. The molecular formula is C32H37FN6O4. The van der Waals surface area contributed by atoms with Crippen LogP contribution in [0, 0.1) is 11.2 Å². The fourth-order valence-electron chi connectivity index (χ4n) is 4.97. The van der Waals surface area contributed by atoms with Crippen molar-refractivity contribution in [3.05, 3.63) is 71.8 Å². The third-order valence-electron chi connectivity index (χ3n) is 7.40. The van der Waals surface area contributed by atoms with Crippen LogP contribution in [0.3, 0.4) is 0 Å². The number of nitrogens with zero attached hydrogens (tertiary/aromatic N) is 4. The molecule has 0 radical (unpaired) electrons. The first-order chi connectivity index (χ1) is 20.7. The van der Waals surface area contributed by atoms with E-state index >= 15 is 0 Å². The van der Waals surface area contributed by atoms with Gasteiger partial charge < -0.3 is 24.7 Å². The number of fused-ring (bicyclic) bond motifs is 1. The molecule has 10 nitrogen and oxygen atoms in total. The van der Waals surface area contributed by atoms with E-state index in [4.69, 9.17) is 9.47 Å². The summed E-state index contributed by atoms with van der Waals surface area (Å²) in [7, 11) is 0. The molecule has 2 aromatic heterocycles. The SMILES string of the molecule is CC(C)(C)C(=O)OCOC(=O)Cn1cnc2c(Nc3ccc(F)cc3)nc(NCc3ccc(C4CCCCC4)cc3)nc21. The second kappa shape index (κ2) is 13.2. The van der Waals surface area contributed by atoms with Crippen molar-refractivity contribution in [2.75, 3.05) is 17.4 Å². The third-order valence-corrected chi connectivity index (χ3v) is 7.40. The molecule has 0 amide bonds. The summed E-state index contributed by atoms with van der Waals surface area (Å²) < 4.78 is 25.2. The van der Waals surface area contributed by atoms with Crippen molar-refractivity contribution >= 4 is 40.6 Å². The van der Waals surface area contributed by atoms with Gasteiger partial charge in [-0.1, -0.05) is 43.5 Å². The van der Waals surface area contributed by atoms with Crippen LogP contribution in [0.2, 0.25) is 0 Å². The van der Waals surface area contributed by atoms with Crippen molar-refractivity contribution in [3.8, 4) is 0 Å². The number of esters is 2. The first-order valence-electron chi connectivity index (χ1n) is 14.6. The predicted molar refractivity (Wildman–Crippen MR) is 161 cm³/mol. The van der Waals surface area contributed by atoms with Crippen molar-refractivity contribution in [1.29, 1.82) is 0 Å². The van der Waals surface area contributed by atoms with Crippen molar-refractivity contribution in [3.63, 3.8) is 0 Å². The molecule has 2 heterocycles. The molecule has 1 aliphatic carbocycles. The van der Waals surface area contributed by atoms with Crippen molar-refractivity contribution in [2.45, 2.75) is 71.9 Å². The van der Waals surface area contributed by atoms with Gasteiger partial charge in [-0.2, -0.15) is 9.97 Å². The second-order valence-corrected chi connectivity index (χ2v) is 11.8. The van der Waals surface area contributed by atoms with Gasteiger partial charge in [-0.05, 0) is 74.9 Å². The smallest absolute Gasteiger partial charge is 0.328 e. The zero-order valence-electron chi connectivity index (χ0n) is 24.7. The number of halogens is 1. The highest BCUT2D eigenvalue weighted by Gasteiger charge is 2.23. The molecule has 11 heteroatoms. The fourth-order valence-corrected chi connectivity index (χ4v) is 4.97. The third kappa shape index (κ3) is 7.85. The van der Waals surface area contributed by atoms with Gasteiger partial charge >= 0.3 is 11.9 Å². The molecule has 0 bridgehead atoms. The number of carbonyl (C=O) groups is 2. The van der Waals surface area contributed by atoms with Crippen LogP contribution in [0.25, 0.3) is 11.2 Å². The normalized spacial score (nSPS) is 14.0. The van der Waals surface area contributed by atoms with Gasteiger partial charge in [0.15, 0.2) is 17.0 Å². The lowest BCUT2D eigenvalue weighted by Crippen LogP contribution is -2.25. The number of rotatable bonds is 10. The van der Waals surface area contributed by atoms with E-state index in [2.05, 4.69) is 49.9 Å². The highest BCUT2D eigenvalue weighted by Crippen LogP contribution is 2.32. The number of imidazole rings is 1. The number of benzene rings is 2. The maximum atomic E-state index is 13.5. The van der Waals surface area contributed by atoms with Crippen LogP contribution in [0.4, 0.5) is 21.8 Å². The summed E-state index contributed by atoms with van der Waals surface area (Å²) in [4.78, 5) is 38.2. The summed E-state index contributed by atoms with van der Waals surface area (Å²) in [6, 6.07) is 14.5. The molecule has 0 atom stereocenters. The molecule has 2 N–H and O–H groups in total. The van der Waals surface area contributed by atoms with E-state index in [-0.39, 0.29) is 12.4 Å². The van der Waals surface area contributed by atoms with E-state index < -0.39 is 24.1 Å². The summed E-state index contributed by atoms with van der Waals surface area (Å²) in [5.41, 5.74) is 3.17. The first kappa shape index (κ1) is 29.9. The number of nitrogens with one attached hydrogen (secondary N) is 2. The summed E-state index contributed by atoms with van der Waals surface area (Å²) in [6.45, 7) is 4.93. The zero-order chi connectivity index (χ0) is 30.4. The molecule has 226 valence electrons. The Morgan fingerprint density at radius 3 is 2.40 bits per heavy atom. The van der Waals surface area contributed by atoms with Gasteiger partial charge in [0.05, 0.1) is 11.7 Å². The lowest BCUT2D eigenvalue weighted by molar-refractivity contribution is -0.173. The van der Waals surface area contributed by atoms with E-state index in [1.54, 1.807) is 32.9 Å². The monoisotopic (exact) mass is 588 g/mol. The van der Waals surface area contributed by atoms with Crippen LogP contribution < -0.4 is 10.6 Å². The van der Waals surface area contributed by atoms with Gasteiger partial charge in [-0.25, -0.2) is 9.37 Å². The molecule has 1 saturated carbocycles. The number of hydrogen-bond donors (Lipinski definition) is 2. The largest absolute Gasteiger partial charge is 0.427 e. The predicted octanol–water partition coefficient (Wildman–Crippen LogP) is 6.46. The summed E-state index contributed by atoms with van der Waals surface area (Å²) in [5.74, 6) is -0.108. The van der Waals surface area contributed by atoms with E-state index in [0.29, 0.717) is 41.1 Å². The number of hydrogen-bond acceptors (Lipinski definition) is 9. The molecule has 1 aliphatic rings. The molecular weight excluding hydrogens is 551 g/mol. The molecule has 43 heavy (non-hydrogen) atoms. The molecule has 0 saturated heterocycles. The molecule has 0 spiro atoms. The van der Waals surface area contributed by atoms with Crippen LogP contribution in [0.1, 0.15) is 69.9 Å². The summed E-state index contributed by atoms with van der Waals surface area (Å²) in [6.07, 6.45) is 7.87. The van der Waals surface area contributed by atoms with Gasteiger partial charge in [0, 0.05) is 12.2 Å². The number of aromatic nitrogens is 4. The number of carbonyl (C=O) groups excluding carboxylic acids is 2. The molecule has 1 fully saturated rings. The summed E-state index contributed by atoms with van der Waals surface area (Å²) >= 11 is 0. The second-order valence-electron chi connectivity index (χ2n) is 11.8. The molecule has 2 aromatic carbocycles. The zero-order valence-corrected chi connectivity index (χ0v) is 24.7. The Balaban J connectivity index is 1.32. The van der Waals surface area contributed by atoms with Crippen molar-refractivity contribution in [1.82, 2.24) is 19.5 Å². The Morgan fingerprint density at radius 1 is 0.977 bits per heavy atom. The van der Waals surface area contributed by atoms with Gasteiger partial charge in [0.25, 0.3) is 0 Å². The van der Waals surface area contributed by atoms with E-state index in [0.717, 1.165) is 5.56 Å². The van der Waals surface area contributed by atoms with Crippen LogP contribution >= 0.6 is 0 Å². The molecule has 5 rings (SSSR count). The van der Waals surface area contributed by atoms with E-state index in [1.165, 1.54) is 60.7 Å². The Kier molecular flexibility index (Phi) is 9.18. The van der Waals surface area contributed by atoms with E-state index in [1.807, 2.05) is 0 Å². The summed E-state index contributed by atoms with van der Waals surface area (Å²) in [5, 5.41) is 6.46. The lowest BCUT2D eigenvalue weighted by Gasteiger charge is -2.22. The minimum absolute atomic E-state index is 0.210. The number of anilines is 3. The van der Waals surface area contributed by atoms with Crippen LogP contribution in [-0.2, 0) is 32.2 Å². The van der Waals surface area contributed by atoms with E-state index in [9.17, 15) is 14.0 Å². The van der Waals surface area contributed by atoms with Gasteiger partial charge in [0.2, 0.25) is 12.7 Å². The quantitative estimate of drug-likeness (QED) is 0.159.